The molecular formula is C15H17NO3. The van der Waals surface area contributed by atoms with E-state index in [-0.39, 0.29) is 11.4 Å². The van der Waals surface area contributed by atoms with Gasteiger partial charge in [0.25, 0.3) is 0 Å². The topological polar surface area (TPSA) is 38.8 Å². The highest BCUT2D eigenvalue weighted by Gasteiger charge is 2.42. The summed E-state index contributed by atoms with van der Waals surface area (Å²) in [6, 6.07) is 4.01. The summed E-state index contributed by atoms with van der Waals surface area (Å²) >= 11 is 0. The molecule has 0 aliphatic carbocycles. The van der Waals surface area contributed by atoms with Crippen molar-refractivity contribution in [3.8, 4) is 11.5 Å². The van der Waals surface area contributed by atoms with Crippen LogP contribution in [0.5, 0.6) is 11.5 Å². The minimum atomic E-state index is -0.357. The van der Waals surface area contributed by atoms with Crippen molar-refractivity contribution in [3.05, 3.63) is 35.4 Å². The van der Waals surface area contributed by atoms with E-state index in [0.29, 0.717) is 5.75 Å². The maximum Gasteiger partial charge on any atom is 0.247 e. The molecule has 1 unspecified atom stereocenters. The van der Waals surface area contributed by atoms with Gasteiger partial charge in [0.2, 0.25) is 5.91 Å². The quantitative estimate of drug-likeness (QED) is 0.814. The van der Waals surface area contributed by atoms with E-state index in [1.807, 2.05) is 23.1 Å². The van der Waals surface area contributed by atoms with Crippen LogP contribution in [0.15, 0.2) is 24.3 Å². The van der Waals surface area contributed by atoms with Crippen LogP contribution in [0.1, 0.15) is 18.1 Å². The molecule has 4 nitrogen and oxygen atoms in total. The van der Waals surface area contributed by atoms with E-state index < -0.39 is 0 Å². The molecule has 0 spiro atoms. The number of hydrogen-bond acceptors (Lipinski definition) is 3. The summed E-state index contributed by atoms with van der Waals surface area (Å²) in [5.74, 6) is 1.53. The summed E-state index contributed by atoms with van der Waals surface area (Å²) in [6.07, 6.45) is 4.48. The number of ether oxygens (including phenoxy) is 2. The first-order valence-corrected chi connectivity index (χ1v) is 6.36. The van der Waals surface area contributed by atoms with E-state index in [2.05, 4.69) is 6.92 Å². The Morgan fingerprint density at radius 1 is 1.21 bits per heavy atom. The van der Waals surface area contributed by atoms with Crippen molar-refractivity contribution in [1.82, 2.24) is 4.90 Å². The van der Waals surface area contributed by atoms with Gasteiger partial charge in [-0.05, 0) is 42.7 Å². The number of carbonyl (C=O) groups is 1. The van der Waals surface area contributed by atoms with E-state index in [4.69, 9.17) is 9.47 Å². The van der Waals surface area contributed by atoms with Crippen molar-refractivity contribution in [1.29, 1.82) is 0 Å². The van der Waals surface area contributed by atoms with Crippen LogP contribution in [0.4, 0.5) is 0 Å². The van der Waals surface area contributed by atoms with Gasteiger partial charge in [0.1, 0.15) is 0 Å². The summed E-state index contributed by atoms with van der Waals surface area (Å²) in [5.41, 5.74) is 1.98. The highest BCUT2D eigenvalue weighted by atomic mass is 16.5. The average Bonchev–Trinajstić information content (AvgIpc) is 2.73. The lowest BCUT2D eigenvalue weighted by Crippen LogP contribution is -2.46. The predicted octanol–water partition coefficient (Wildman–Crippen LogP) is 1.87. The third-order valence-corrected chi connectivity index (χ3v) is 4.14. The summed E-state index contributed by atoms with van der Waals surface area (Å²) in [5, 5.41) is 0. The molecular weight excluding hydrogens is 242 g/mol. The molecule has 1 atom stereocenters. The van der Waals surface area contributed by atoms with E-state index in [1.165, 1.54) is 5.56 Å². The van der Waals surface area contributed by atoms with Crippen LogP contribution in [-0.2, 0) is 16.8 Å². The first-order chi connectivity index (χ1) is 9.10. The Morgan fingerprint density at radius 3 is 2.58 bits per heavy atom. The standard InChI is InChI=1S/C15H17NO3/c1-15-6-4-14(17)16(15)7-5-10-8-12(18-2)13(19-3)9-11(10)15/h4,6,8-9H,5,7H2,1-3H3. The fourth-order valence-corrected chi connectivity index (χ4v) is 3.05. The molecule has 4 heteroatoms. The molecule has 1 aromatic carbocycles. The first kappa shape index (κ1) is 12.1. The number of fused-ring (bicyclic) bond motifs is 3. The Labute approximate surface area is 112 Å². The fourth-order valence-electron chi connectivity index (χ4n) is 3.05. The monoisotopic (exact) mass is 259 g/mol. The smallest absolute Gasteiger partial charge is 0.247 e. The Morgan fingerprint density at radius 2 is 1.89 bits per heavy atom. The van der Waals surface area contributed by atoms with E-state index in [9.17, 15) is 4.79 Å². The van der Waals surface area contributed by atoms with Crippen LogP contribution >= 0.6 is 0 Å². The Balaban J connectivity index is 2.17. The van der Waals surface area contributed by atoms with Gasteiger partial charge < -0.3 is 14.4 Å². The number of nitrogens with zero attached hydrogens (tertiary/aromatic N) is 1. The van der Waals surface area contributed by atoms with E-state index >= 15 is 0 Å². The molecule has 1 amide bonds. The highest BCUT2D eigenvalue weighted by molar-refractivity contribution is 5.92. The largest absolute Gasteiger partial charge is 0.493 e. The minimum Gasteiger partial charge on any atom is -0.493 e. The molecule has 0 bridgehead atoms. The molecule has 0 saturated heterocycles. The summed E-state index contributed by atoms with van der Waals surface area (Å²) in [6.45, 7) is 2.81. The van der Waals surface area contributed by atoms with Crippen molar-refractivity contribution in [2.45, 2.75) is 18.9 Å². The molecule has 0 N–H and O–H groups in total. The number of methoxy groups -OCH3 is 2. The maximum atomic E-state index is 11.9. The van der Waals surface area contributed by atoms with Gasteiger partial charge in [0.05, 0.1) is 19.8 Å². The first-order valence-electron chi connectivity index (χ1n) is 6.36. The summed E-state index contributed by atoms with van der Waals surface area (Å²) in [4.78, 5) is 13.8. The molecule has 0 aromatic heterocycles. The van der Waals surface area contributed by atoms with Crippen LogP contribution in [0.25, 0.3) is 0 Å². The predicted molar refractivity (Wildman–Crippen MR) is 71.5 cm³/mol. The molecule has 0 saturated carbocycles. The maximum absolute atomic E-state index is 11.9. The van der Waals surface area contributed by atoms with Gasteiger partial charge in [-0.2, -0.15) is 0 Å². The van der Waals surface area contributed by atoms with Gasteiger partial charge in [0.15, 0.2) is 11.5 Å². The third-order valence-electron chi connectivity index (χ3n) is 4.14. The van der Waals surface area contributed by atoms with Gasteiger partial charge in [-0.3, -0.25) is 4.79 Å². The van der Waals surface area contributed by atoms with Gasteiger partial charge in [-0.15, -0.1) is 0 Å². The second-order valence-electron chi connectivity index (χ2n) is 5.09. The highest BCUT2D eigenvalue weighted by Crippen LogP contribution is 2.44. The second kappa shape index (κ2) is 4.02. The van der Waals surface area contributed by atoms with Gasteiger partial charge in [0, 0.05) is 12.6 Å². The molecule has 2 aliphatic rings. The zero-order valence-corrected chi connectivity index (χ0v) is 11.4. The van der Waals surface area contributed by atoms with Crippen LogP contribution in [0, 0.1) is 0 Å². The second-order valence-corrected chi connectivity index (χ2v) is 5.09. The van der Waals surface area contributed by atoms with E-state index in [0.717, 1.165) is 24.3 Å². The van der Waals surface area contributed by atoms with Crippen LogP contribution < -0.4 is 9.47 Å². The van der Waals surface area contributed by atoms with Crippen molar-refractivity contribution in [2.75, 3.05) is 20.8 Å². The zero-order chi connectivity index (χ0) is 13.6. The Kier molecular flexibility index (Phi) is 2.55. The van der Waals surface area contributed by atoms with Gasteiger partial charge in [-0.1, -0.05) is 0 Å². The summed E-state index contributed by atoms with van der Waals surface area (Å²) in [7, 11) is 3.27. The number of rotatable bonds is 2. The van der Waals surface area contributed by atoms with Gasteiger partial charge in [-0.25, -0.2) is 0 Å². The van der Waals surface area contributed by atoms with E-state index in [1.54, 1.807) is 20.3 Å². The lowest BCUT2D eigenvalue weighted by atomic mass is 9.83. The average molecular weight is 259 g/mol. The van der Waals surface area contributed by atoms with Crippen molar-refractivity contribution < 1.29 is 14.3 Å². The normalized spacial score (nSPS) is 24.2. The Hall–Kier alpha value is -1.97. The molecule has 100 valence electrons. The minimum absolute atomic E-state index is 0.0861. The number of benzene rings is 1. The number of carbonyl (C=O) groups excluding carboxylic acids is 1. The van der Waals surface area contributed by atoms with Crippen molar-refractivity contribution in [3.63, 3.8) is 0 Å². The van der Waals surface area contributed by atoms with Crippen LogP contribution in [-0.4, -0.2) is 31.6 Å². The van der Waals surface area contributed by atoms with Crippen LogP contribution in [0.2, 0.25) is 0 Å². The van der Waals surface area contributed by atoms with Crippen molar-refractivity contribution >= 4 is 5.91 Å². The molecule has 0 fully saturated rings. The SMILES string of the molecule is COc1cc2c(cc1OC)C1(C)C=CC(=O)N1CC2. The van der Waals surface area contributed by atoms with Gasteiger partial charge >= 0.3 is 0 Å². The number of hydrogen-bond donors (Lipinski definition) is 0. The lowest BCUT2D eigenvalue weighted by Gasteiger charge is -2.41. The molecule has 1 aromatic rings. The fraction of sp³-hybridized carbons (Fsp3) is 0.400. The molecule has 3 rings (SSSR count). The third kappa shape index (κ3) is 1.56. The molecule has 19 heavy (non-hydrogen) atoms. The lowest BCUT2D eigenvalue weighted by molar-refractivity contribution is -0.129. The molecule has 0 radical (unpaired) electrons. The summed E-state index contributed by atoms with van der Waals surface area (Å²) < 4.78 is 10.7. The molecule has 2 aliphatic heterocycles. The van der Waals surface area contributed by atoms with Crippen molar-refractivity contribution in [2.24, 2.45) is 0 Å². The zero-order valence-electron chi connectivity index (χ0n) is 11.4. The Bertz CT molecular complexity index is 579. The number of amides is 1. The van der Waals surface area contributed by atoms with Crippen LogP contribution in [0.3, 0.4) is 0 Å². The molecule has 2 heterocycles.